The van der Waals surface area contributed by atoms with Gasteiger partial charge in [-0.1, -0.05) is 30.3 Å². The number of urea groups is 1. The lowest BCUT2D eigenvalue weighted by molar-refractivity contribution is 0.0197. The molecular weight excluding hydrogens is 336 g/mol. The number of anilines is 1. The molecule has 0 bridgehead atoms. The van der Waals surface area contributed by atoms with Crippen molar-refractivity contribution in [2.75, 3.05) is 18.6 Å². The van der Waals surface area contributed by atoms with Gasteiger partial charge in [0, 0.05) is 5.56 Å². The molecule has 1 atom stereocenters. The van der Waals surface area contributed by atoms with Gasteiger partial charge in [-0.3, -0.25) is 4.90 Å². The van der Waals surface area contributed by atoms with Crippen molar-refractivity contribution in [2.45, 2.75) is 19.7 Å². The number of benzene rings is 2. The summed E-state index contributed by atoms with van der Waals surface area (Å²) in [5.41, 5.74) is 1.88. The zero-order valence-electron chi connectivity index (χ0n) is 14.6. The van der Waals surface area contributed by atoms with E-state index in [1.54, 1.807) is 50.4 Å². The predicted molar refractivity (Wildman–Crippen MR) is 94.8 cm³/mol. The van der Waals surface area contributed by atoms with Gasteiger partial charge in [-0.2, -0.15) is 4.90 Å². The number of imide groups is 1. The predicted octanol–water partition coefficient (Wildman–Crippen LogP) is 3.28. The van der Waals surface area contributed by atoms with E-state index in [2.05, 4.69) is 0 Å². The number of para-hydroxylation sites is 1. The number of aliphatic hydroxyl groups is 1. The fraction of sp³-hybridized carbons (Fsp3) is 0.263. The standard InChI is InChI=1S/C19H20N2O5/c1-3-26-19(24)21-17(22)15-6-4-5-7-16(15)20(18(21)23)12-13-8-10-14(25-2)11-9-13/h4-11,17,22H,3,12H2,1-2H3. The first-order valence-electron chi connectivity index (χ1n) is 8.24. The SMILES string of the molecule is CCOC(=O)N1C(=O)N(Cc2ccc(OC)cc2)c2ccccc2C1O. The number of methoxy groups -OCH3 is 1. The van der Waals surface area contributed by atoms with Gasteiger partial charge in [-0.05, 0) is 30.7 Å². The first-order chi connectivity index (χ1) is 12.6. The maximum atomic E-state index is 12.9. The topological polar surface area (TPSA) is 79.3 Å². The van der Waals surface area contributed by atoms with Crippen LogP contribution in [0.2, 0.25) is 0 Å². The Morgan fingerprint density at radius 3 is 2.50 bits per heavy atom. The fourth-order valence-corrected chi connectivity index (χ4v) is 2.87. The molecular formula is C19H20N2O5. The average Bonchev–Trinajstić information content (AvgIpc) is 2.66. The first kappa shape index (κ1) is 17.8. The Balaban J connectivity index is 1.97. The average molecular weight is 356 g/mol. The van der Waals surface area contributed by atoms with Crippen molar-refractivity contribution in [1.82, 2.24) is 4.90 Å². The van der Waals surface area contributed by atoms with Crippen LogP contribution in [0.5, 0.6) is 5.75 Å². The molecule has 0 saturated carbocycles. The van der Waals surface area contributed by atoms with Crippen LogP contribution in [0.1, 0.15) is 24.3 Å². The van der Waals surface area contributed by atoms with E-state index in [1.165, 1.54) is 4.90 Å². The summed E-state index contributed by atoms with van der Waals surface area (Å²) < 4.78 is 10.1. The molecule has 1 aliphatic heterocycles. The Morgan fingerprint density at radius 1 is 1.15 bits per heavy atom. The van der Waals surface area contributed by atoms with Gasteiger partial charge in [0.1, 0.15) is 5.75 Å². The van der Waals surface area contributed by atoms with E-state index in [4.69, 9.17) is 9.47 Å². The van der Waals surface area contributed by atoms with Crippen molar-refractivity contribution in [3.8, 4) is 5.75 Å². The van der Waals surface area contributed by atoms with Gasteiger partial charge in [-0.25, -0.2) is 9.59 Å². The number of hydrogen-bond acceptors (Lipinski definition) is 5. The number of carbonyl (C=O) groups is 2. The van der Waals surface area contributed by atoms with Crippen molar-refractivity contribution in [3.05, 3.63) is 59.7 Å². The zero-order valence-corrected chi connectivity index (χ0v) is 14.6. The first-order valence-corrected chi connectivity index (χ1v) is 8.24. The van der Waals surface area contributed by atoms with Gasteiger partial charge >= 0.3 is 12.1 Å². The van der Waals surface area contributed by atoms with Crippen LogP contribution >= 0.6 is 0 Å². The third kappa shape index (κ3) is 3.21. The molecule has 3 rings (SSSR count). The Hall–Kier alpha value is -3.06. The molecule has 0 spiro atoms. The fourth-order valence-electron chi connectivity index (χ4n) is 2.87. The van der Waals surface area contributed by atoms with Crippen LogP contribution in [0.3, 0.4) is 0 Å². The van der Waals surface area contributed by atoms with Crippen LogP contribution in [0.15, 0.2) is 48.5 Å². The molecule has 1 N–H and O–H groups in total. The molecule has 7 heteroatoms. The minimum Gasteiger partial charge on any atom is -0.497 e. The van der Waals surface area contributed by atoms with Gasteiger partial charge < -0.3 is 14.6 Å². The molecule has 136 valence electrons. The molecule has 0 saturated heterocycles. The largest absolute Gasteiger partial charge is 0.497 e. The Kier molecular flexibility index (Phi) is 5.09. The monoisotopic (exact) mass is 356 g/mol. The summed E-state index contributed by atoms with van der Waals surface area (Å²) >= 11 is 0. The van der Waals surface area contributed by atoms with E-state index in [9.17, 15) is 14.7 Å². The molecule has 0 radical (unpaired) electrons. The third-order valence-electron chi connectivity index (χ3n) is 4.15. The number of fused-ring (bicyclic) bond motifs is 1. The van der Waals surface area contributed by atoms with Crippen LogP contribution < -0.4 is 9.64 Å². The maximum absolute atomic E-state index is 12.9. The van der Waals surface area contributed by atoms with Crippen LogP contribution in [0.25, 0.3) is 0 Å². The minimum absolute atomic E-state index is 0.107. The summed E-state index contributed by atoms with van der Waals surface area (Å²) in [6.45, 7) is 1.99. The second kappa shape index (κ2) is 7.45. The quantitative estimate of drug-likeness (QED) is 0.909. The van der Waals surface area contributed by atoms with Crippen molar-refractivity contribution in [2.24, 2.45) is 0 Å². The van der Waals surface area contributed by atoms with E-state index in [1.807, 2.05) is 12.1 Å². The van der Waals surface area contributed by atoms with Gasteiger partial charge in [0.05, 0.1) is 25.9 Å². The highest BCUT2D eigenvalue weighted by molar-refractivity contribution is 6.03. The van der Waals surface area contributed by atoms with E-state index >= 15 is 0 Å². The van der Waals surface area contributed by atoms with Crippen molar-refractivity contribution >= 4 is 17.8 Å². The lowest BCUT2D eigenvalue weighted by atomic mass is 10.1. The molecule has 26 heavy (non-hydrogen) atoms. The van der Waals surface area contributed by atoms with Gasteiger partial charge in [0.2, 0.25) is 0 Å². The molecule has 1 unspecified atom stereocenters. The van der Waals surface area contributed by atoms with E-state index in [0.29, 0.717) is 17.0 Å². The highest BCUT2D eigenvalue weighted by Gasteiger charge is 2.41. The summed E-state index contributed by atoms with van der Waals surface area (Å²) in [6.07, 6.45) is -2.26. The zero-order chi connectivity index (χ0) is 18.7. The Bertz CT molecular complexity index is 806. The van der Waals surface area contributed by atoms with Crippen LogP contribution in [-0.2, 0) is 11.3 Å². The highest BCUT2D eigenvalue weighted by atomic mass is 16.6. The normalized spacial score (nSPS) is 16.3. The van der Waals surface area contributed by atoms with Crippen molar-refractivity contribution in [1.29, 1.82) is 0 Å². The second-order valence-electron chi connectivity index (χ2n) is 5.72. The molecule has 2 aromatic rings. The smallest absolute Gasteiger partial charge is 0.420 e. The van der Waals surface area contributed by atoms with Crippen LogP contribution in [0.4, 0.5) is 15.3 Å². The molecule has 2 aromatic carbocycles. The molecule has 0 aliphatic carbocycles. The van der Waals surface area contributed by atoms with Crippen LogP contribution in [-0.4, -0.2) is 35.8 Å². The van der Waals surface area contributed by atoms with Gasteiger partial charge in [0.25, 0.3) is 0 Å². The van der Waals surface area contributed by atoms with E-state index in [-0.39, 0.29) is 13.2 Å². The molecule has 7 nitrogen and oxygen atoms in total. The lowest BCUT2D eigenvalue weighted by Crippen LogP contribution is -2.52. The highest BCUT2D eigenvalue weighted by Crippen LogP contribution is 2.36. The second-order valence-corrected chi connectivity index (χ2v) is 5.72. The Morgan fingerprint density at radius 2 is 1.85 bits per heavy atom. The lowest BCUT2D eigenvalue weighted by Gasteiger charge is -2.38. The van der Waals surface area contributed by atoms with Gasteiger partial charge in [-0.15, -0.1) is 0 Å². The molecule has 1 heterocycles. The summed E-state index contributed by atoms with van der Waals surface area (Å²) in [6, 6.07) is 13.6. The summed E-state index contributed by atoms with van der Waals surface area (Å²) in [7, 11) is 1.58. The summed E-state index contributed by atoms with van der Waals surface area (Å²) in [5.74, 6) is 0.711. The van der Waals surface area contributed by atoms with Crippen LogP contribution in [0, 0.1) is 0 Å². The molecule has 1 aliphatic rings. The summed E-state index contributed by atoms with van der Waals surface area (Å²) in [5, 5.41) is 10.5. The molecule has 0 aromatic heterocycles. The number of rotatable bonds is 4. The van der Waals surface area contributed by atoms with Gasteiger partial charge in [0.15, 0.2) is 6.23 Å². The minimum atomic E-state index is -1.38. The number of hydrogen-bond donors (Lipinski definition) is 1. The van der Waals surface area contributed by atoms with E-state index < -0.39 is 18.4 Å². The maximum Gasteiger partial charge on any atom is 0.420 e. The Labute approximate surface area is 151 Å². The van der Waals surface area contributed by atoms with Crippen molar-refractivity contribution in [3.63, 3.8) is 0 Å². The molecule has 3 amide bonds. The van der Waals surface area contributed by atoms with Crippen molar-refractivity contribution < 1.29 is 24.2 Å². The summed E-state index contributed by atoms with van der Waals surface area (Å²) in [4.78, 5) is 27.3. The number of ether oxygens (including phenoxy) is 2. The van der Waals surface area contributed by atoms with E-state index in [0.717, 1.165) is 10.5 Å². The number of aliphatic hydroxyl groups excluding tert-OH is 1. The number of amides is 3. The third-order valence-corrected chi connectivity index (χ3v) is 4.15. The number of carbonyl (C=O) groups excluding carboxylic acids is 2. The molecule has 0 fully saturated rings. The number of nitrogens with zero attached hydrogens (tertiary/aromatic N) is 2.